The van der Waals surface area contributed by atoms with Gasteiger partial charge in [-0.3, -0.25) is 14.2 Å². The van der Waals surface area contributed by atoms with Gasteiger partial charge in [0.15, 0.2) is 11.6 Å². The Morgan fingerprint density at radius 1 is 1.25 bits per heavy atom. The molecule has 0 bridgehead atoms. The number of nitrogens with one attached hydrogen (secondary N) is 3. The predicted octanol–water partition coefficient (Wildman–Crippen LogP) is 3.18. The van der Waals surface area contributed by atoms with Gasteiger partial charge in [0.2, 0.25) is 0 Å². The van der Waals surface area contributed by atoms with Gasteiger partial charge in [0, 0.05) is 55.3 Å². The number of aryl methyl sites for hydroxylation is 2. The summed E-state index contributed by atoms with van der Waals surface area (Å²) < 4.78 is 45.8. The minimum Gasteiger partial charge on any atom is -0.492 e. The van der Waals surface area contributed by atoms with Crippen molar-refractivity contribution in [3.63, 3.8) is 0 Å². The highest BCUT2D eigenvalue weighted by molar-refractivity contribution is 6.01. The van der Waals surface area contributed by atoms with E-state index in [4.69, 9.17) is 8.85 Å². The van der Waals surface area contributed by atoms with Crippen LogP contribution in [0.25, 0.3) is 10.9 Å². The molecule has 0 saturated carbocycles. The topological polar surface area (TPSA) is 111 Å². The number of amides is 1. The standard InChI is InChI=1S/C21H23FN8O2/c1-5-30-19-12(11-25-30)14(22)8-16(20(19)32-4)26-15-9-18(24-10-13(15)21(31)23-2)27-17-6-7-29(3)28-17/h6-11H,5H2,1-4H3,(H,23,31)(H2,24,26,27,28)/i2D3. The molecule has 0 unspecified atom stereocenters. The number of carbonyl (C=O) groups is 1. The number of hydrogen-bond acceptors (Lipinski definition) is 7. The lowest BCUT2D eigenvalue weighted by Crippen LogP contribution is -2.19. The van der Waals surface area contributed by atoms with Gasteiger partial charge in [0.1, 0.15) is 17.2 Å². The van der Waals surface area contributed by atoms with Gasteiger partial charge >= 0.3 is 0 Å². The third kappa shape index (κ3) is 3.80. The maximum atomic E-state index is 14.9. The van der Waals surface area contributed by atoms with E-state index in [2.05, 4.69) is 25.8 Å². The normalized spacial score (nSPS) is 12.7. The highest BCUT2D eigenvalue weighted by atomic mass is 19.1. The van der Waals surface area contributed by atoms with Crippen molar-refractivity contribution in [3.8, 4) is 5.75 Å². The molecule has 1 amide bonds. The molecule has 0 saturated heterocycles. The molecule has 3 N–H and O–H groups in total. The first-order valence-electron chi connectivity index (χ1n) is 11.2. The molecule has 32 heavy (non-hydrogen) atoms. The lowest BCUT2D eigenvalue weighted by Gasteiger charge is -2.17. The molecule has 0 aliphatic heterocycles. The minimum atomic E-state index is -2.71. The third-order valence-electron chi connectivity index (χ3n) is 4.83. The first kappa shape index (κ1) is 17.5. The summed E-state index contributed by atoms with van der Waals surface area (Å²) in [5.74, 6) is -0.307. The first-order valence-corrected chi connectivity index (χ1v) is 9.68. The second-order valence-electron chi connectivity index (χ2n) is 6.86. The maximum Gasteiger partial charge on any atom is 0.254 e. The van der Waals surface area contributed by atoms with Crippen LogP contribution in [-0.2, 0) is 13.6 Å². The fraction of sp³-hybridized carbons (Fsp3) is 0.238. The van der Waals surface area contributed by atoms with Crippen LogP contribution in [0.5, 0.6) is 5.75 Å². The highest BCUT2D eigenvalue weighted by Gasteiger charge is 2.20. The number of pyridine rings is 1. The smallest absolute Gasteiger partial charge is 0.254 e. The molecule has 3 heterocycles. The van der Waals surface area contributed by atoms with E-state index in [1.807, 2.05) is 12.2 Å². The summed E-state index contributed by atoms with van der Waals surface area (Å²) >= 11 is 0. The molecule has 0 radical (unpaired) electrons. The molecule has 0 aliphatic rings. The van der Waals surface area contributed by atoms with Crippen LogP contribution in [-0.4, -0.2) is 44.5 Å². The zero-order valence-corrected chi connectivity index (χ0v) is 17.6. The number of benzene rings is 1. The van der Waals surface area contributed by atoms with Crippen molar-refractivity contribution in [2.45, 2.75) is 13.5 Å². The van der Waals surface area contributed by atoms with Gasteiger partial charge in [-0.1, -0.05) is 0 Å². The van der Waals surface area contributed by atoms with Crippen LogP contribution in [0.4, 0.5) is 27.4 Å². The molecule has 3 aromatic heterocycles. The van der Waals surface area contributed by atoms with Gasteiger partial charge in [0.05, 0.1) is 35.6 Å². The Morgan fingerprint density at radius 2 is 2.09 bits per heavy atom. The van der Waals surface area contributed by atoms with Gasteiger partial charge in [0.25, 0.3) is 5.91 Å². The number of hydrogen-bond donors (Lipinski definition) is 3. The van der Waals surface area contributed by atoms with Crippen molar-refractivity contribution in [1.29, 1.82) is 0 Å². The summed E-state index contributed by atoms with van der Waals surface area (Å²) in [6.45, 7) is -0.377. The van der Waals surface area contributed by atoms with Gasteiger partial charge < -0.3 is 20.7 Å². The number of nitrogens with zero attached hydrogens (tertiary/aromatic N) is 5. The molecule has 0 fully saturated rings. The summed E-state index contributed by atoms with van der Waals surface area (Å²) in [6, 6.07) is 4.44. The minimum absolute atomic E-state index is 0.0701. The van der Waals surface area contributed by atoms with Crippen LogP contribution in [0.2, 0.25) is 0 Å². The number of aromatic nitrogens is 5. The van der Waals surface area contributed by atoms with Crippen molar-refractivity contribution in [3.05, 3.63) is 48.2 Å². The van der Waals surface area contributed by atoms with Gasteiger partial charge in [-0.2, -0.15) is 10.2 Å². The van der Waals surface area contributed by atoms with E-state index in [9.17, 15) is 9.18 Å². The van der Waals surface area contributed by atoms with Gasteiger partial charge in [-0.25, -0.2) is 9.37 Å². The second-order valence-corrected chi connectivity index (χ2v) is 6.86. The molecule has 1 aromatic carbocycles. The monoisotopic (exact) mass is 441 g/mol. The highest BCUT2D eigenvalue weighted by Crippen LogP contribution is 2.38. The Labute approximate surface area is 187 Å². The molecule has 0 atom stereocenters. The Hall–Kier alpha value is -4.15. The number of halogens is 1. The number of anilines is 4. The van der Waals surface area contributed by atoms with E-state index in [0.717, 1.165) is 0 Å². The summed E-state index contributed by atoms with van der Waals surface area (Å²) in [6.07, 6.45) is 4.36. The zero-order valence-electron chi connectivity index (χ0n) is 20.6. The fourth-order valence-electron chi connectivity index (χ4n) is 3.37. The zero-order chi connectivity index (χ0) is 25.3. The lowest BCUT2D eigenvalue weighted by molar-refractivity contribution is 0.0963. The van der Waals surface area contributed by atoms with Crippen LogP contribution in [0.3, 0.4) is 0 Å². The van der Waals surface area contributed by atoms with Crippen LogP contribution < -0.4 is 20.7 Å². The first-order chi connectivity index (χ1) is 16.6. The van der Waals surface area contributed by atoms with E-state index >= 15 is 0 Å². The average Bonchev–Trinajstić information content (AvgIpc) is 3.39. The van der Waals surface area contributed by atoms with E-state index in [1.54, 1.807) is 28.7 Å². The Morgan fingerprint density at radius 3 is 2.78 bits per heavy atom. The summed E-state index contributed by atoms with van der Waals surface area (Å²) in [4.78, 5) is 16.9. The SMILES string of the molecule is [2H]C([2H])([2H])NC(=O)c1cnc(Nc2ccn(C)n2)cc1Nc1cc(F)c2cnn(CC)c2c1OC. The molecule has 0 spiro atoms. The van der Waals surface area contributed by atoms with E-state index in [0.29, 0.717) is 29.4 Å². The number of methoxy groups -OCH3 is 1. The van der Waals surface area contributed by atoms with E-state index < -0.39 is 18.7 Å². The number of ether oxygens (including phenoxy) is 1. The lowest BCUT2D eigenvalue weighted by atomic mass is 10.1. The van der Waals surface area contributed by atoms with Crippen LogP contribution in [0, 0.1) is 5.82 Å². The Balaban J connectivity index is 1.81. The second kappa shape index (κ2) is 8.53. The van der Waals surface area contributed by atoms with Crippen molar-refractivity contribution in [2.24, 2.45) is 7.05 Å². The van der Waals surface area contributed by atoms with Crippen molar-refractivity contribution < 1.29 is 18.0 Å². The van der Waals surface area contributed by atoms with Crippen LogP contribution in [0.15, 0.2) is 36.8 Å². The summed E-state index contributed by atoms with van der Waals surface area (Å²) in [5.41, 5.74) is 0.747. The third-order valence-corrected chi connectivity index (χ3v) is 4.83. The molecule has 11 heteroatoms. The summed E-state index contributed by atoms with van der Waals surface area (Å²) in [5, 5.41) is 16.7. The van der Waals surface area contributed by atoms with Crippen molar-refractivity contribution >= 4 is 39.8 Å². The molecular formula is C21H23FN8O2. The molecular weight excluding hydrogens is 415 g/mol. The number of carbonyl (C=O) groups excluding carboxylic acids is 1. The molecule has 166 valence electrons. The quantitative estimate of drug-likeness (QED) is 0.404. The molecule has 10 nitrogen and oxygen atoms in total. The average molecular weight is 441 g/mol. The molecule has 4 aromatic rings. The van der Waals surface area contributed by atoms with Crippen molar-refractivity contribution in [2.75, 3.05) is 24.7 Å². The van der Waals surface area contributed by atoms with E-state index in [-0.39, 0.29) is 22.3 Å². The summed E-state index contributed by atoms with van der Waals surface area (Å²) in [7, 11) is 3.19. The fourth-order valence-corrected chi connectivity index (χ4v) is 3.37. The van der Waals surface area contributed by atoms with Gasteiger partial charge in [-0.15, -0.1) is 0 Å². The number of fused-ring (bicyclic) bond motifs is 1. The van der Waals surface area contributed by atoms with Crippen molar-refractivity contribution in [1.82, 2.24) is 29.9 Å². The molecule has 0 aliphatic carbocycles. The predicted molar refractivity (Wildman–Crippen MR) is 119 cm³/mol. The van der Waals surface area contributed by atoms with Crippen LogP contribution >= 0.6 is 0 Å². The number of rotatable bonds is 7. The van der Waals surface area contributed by atoms with E-state index in [1.165, 1.54) is 31.6 Å². The van der Waals surface area contributed by atoms with Crippen LogP contribution in [0.1, 0.15) is 21.4 Å². The Bertz CT molecular complexity index is 1400. The largest absolute Gasteiger partial charge is 0.492 e. The molecule has 4 rings (SSSR count). The van der Waals surface area contributed by atoms with Gasteiger partial charge in [-0.05, 0) is 6.92 Å². The Kier molecular flexibility index (Phi) is 4.67. The maximum absolute atomic E-state index is 14.9.